The lowest BCUT2D eigenvalue weighted by Crippen LogP contribution is -2.45. The third-order valence-electron chi connectivity index (χ3n) is 4.78. The number of hydrogen-bond donors (Lipinski definition) is 1. The molecule has 0 saturated carbocycles. The molecule has 0 bridgehead atoms. The molecule has 4 nitrogen and oxygen atoms in total. The lowest BCUT2D eigenvalue weighted by Gasteiger charge is -2.33. The van der Waals surface area contributed by atoms with E-state index in [2.05, 4.69) is 29.6 Å². The van der Waals surface area contributed by atoms with E-state index in [4.69, 9.17) is 0 Å². The van der Waals surface area contributed by atoms with E-state index in [0.29, 0.717) is 25.2 Å². The molecule has 1 unspecified atom stereocenters. The van der Waals surface area contributed by atoms with Crippen molar-refractivity contribution in [3.05, 3.63) is 35.4 Å². The van der Waals surface area contributed by atoms with E-state index in [1.54, 1.807) is 11.2 Å². The molecule has 3 rings (SSSR count). The summed E-state index contributed by atoms with van der Waals surface area (Å²) in [4.78, 5) is 0. The molecule has 5 heteroatoms. The first-order chi connectivity index (χ1) is 10.1. The number of aryl methyl sites for hydroxylation is 1. The highest BCUT2D eigenvalue weighted by atomic mass is 32.2. The van der Waals surface area contributed by atoms with Gasteiger partial charge in [0.1, 0.15) is 0 Å². The molecule has 1 aliphatic heterocycles. The highest BCUT2D eigenvalue weighted by Gasteiger charge is 2.29. The van der Waals surface area contributed by atoms with Crippen molar-refractivity contribution in [2.75, 3.05) is 18.8 Å². The van der Waals surface area contributed by atoms with E-state index in [0.717, 1.165) is 25.7 Å². The third kappa shape index (κ3) is 3.15. The van der Waals surface area contributed by atoms with Gasteiger partial charge in [0.2, 0.25) is 10.0 Å². The smallest absolute Gasteiger partial charge is 0.213 e. The van der Waals surface area contributed by atoms with Crippen molar-refractivity contribution >= 4 is 10.0 Å². The molecule has 0 aromatic heterocycles. The zero-order valence-corrected chi connectivity index (χ0v) is 13.4. The summed E-state index contributed by atoms with van der Waals surface area (Å²) in [6.45, 7) is 3.03. The van der Waals surface area contributed by atoms with E-state index in [9.17, 15) is 8.42 Å². The normalized spacial score (nSPS) is 24.1. The van der Waals surface area contributed by atoms with Gasteiger partial charge in [-0.15, -0.1) is 0 Å². The molecule has 1 aromatic rings. The quantitative estimate of drug-likeness (QED) is 0.926. The van der Waals surface area contributed by atoms with Gasteiger partial charge in [-0.3, -0.25) is 0 Å². The van der Waals surface area contributed by atoms with Crippen molar-refractivity contribution < 1.29 is 8.42 Å². The second kappa shape index (κ2) is 6.07. The largest absolute Gasteiger partial charge is 0.307 e. The Labute approximate surface area is 127 Å². The van der Waals surface area contributed by atoms with Gasteiger partial charge in [-0.05, 0) is 43.7 Å². The zero-order valence-electron chi connectivity index (χ0n) is 12.6. The average Bonchev–Trinajstić information content (AvgIpc) is 2.91. The number of hydrogen-bond acceptors (Lipinski definition) is 3. The number of nitrogens with zero attached hydrogens (tertiary/aromatic N) is 1. The molecular formula is C16H24N2O2S. The summed E-state index contributed by atoms with van der Waals surface area (Å²) in [5, 5.41) is 3.74. The molecule has 0 radical (unpaired) electrons. The van der Waals surface area contributed by atoms with Crippen molar-refractivity contribution in [3.8, 4) is 0 Å². The van der Waals surface area contributed by atoms with Crippen LogP contribution in [0.25, 0.3) is 0 Å². The summed E-state index contributed by atoms with van der Waals surface area (Å²) < 4.78 is 25.4. The molecule has 0 amide bonds. The second-order valence-corrected chi connectivity index (χ2v) is 8.29. The maximum atomic E-state index is 11.9. The average molecular weight is 308 g/mol. The molecule has 0 spiro atoms. The number of rotatable bonds is 4. The molecular weight excluding hydrogens is 284 g/mol. The van der Waals surface area contributed by atoms with Crippen LogP contribution in [0.15, 0.2) is 24.3 Å². The van der Waals surface area contributed by atoms with Gasteiger partial charge in [-0.2, -0.15) is 0 Å². The van der Waals surface area contributed by atoms with Gasteiger partial charge in [0, 0.05) is 25.2 Å². The van der Waals surface area contributed by atoms with Gasteiger partial charge >= 0.3 is 0 Å². The van der Waals surface area contributed by atoms with Gasteiger partial charge in [0.25, 0.3) is 0 Å². The minimum atomic E-state index is -3.02. The number of sulfonamides is 1. The highest BCUT2D eigenvalue weighted by Crippen LogP contribution is 2.32. The monoisotopic (exact) mass is 308 g/mol. The summed E-state index contributed by atoms with van der Waals surface area (Å²) in [7, 11) is -3.02. The fourth-order valence-electron chi connectivity index (χ4n) is 3.50. The molecule has 1 aromatic carbocycles. The van der Waals surface area contributed by atoms with E-state index < -0.39 is 10.0 Å². The maximum Gasteiger partial charge on any atom is 0.213 e. The minimum Gasteiger partial charge on any atom is -0.307 e. The Morgan fingerprint density at radius 1 is 1.19 bits per heavy atom. The molecule has 21 heavy (non-hydrogen) atoms. The third-order valence-corrected chi connectivity index (χ3v) is 6.66. The van der Waals surface area contributed by atoms with Gasteiger partial charge in [0.05, 0.1) is 5.75 Å². The first-order valence-corrected chi connectivity index (χ1v) is 9.52. The Balaban J connectivity index is 1.57. The van der Waals surface area contributed by atoms with Crippen LogP contribution in [0.3, 0.4) is 0 Å². The minimum absolute atomic E-state index is 0.209. The molecule has 1 N–H and O–H groups in total. The van der Waals surface area contributed by atoms with Crippen LogP contribution in [-0.4, -0.2) is 37.6 Å². The lowest BCUT2D eigenvalue weighted by molar-refractivity contribution is 0.273. The van der Waals surface area contributed by atoms with Crippen LogP contribution in [0, 0.1) is 0 Å². The Morgan fingerprint density at radius 3 is 2.62 bits per heavy atom. The van der Waals surface area contributed by atoms with Gasteiger partial charge in [-0.1, -0.05) is 24.3 Å². The number of fused-ring (bicyclic) bond motifs is 1. The topological polar surface area (TPSA) is 49.4 Å². The first kappa shape index (κ1) is 15.0. The predicted octanol–water partition coefficient (Wildman–Crippen LogP) is 2.08. The molecule has 1 fully saturated rings. The molecule has 2 aliphatic rings. The van der Waals surface area contributed by atoms with Gasteiger partial charge in [-0.25, -0.2) is 12.7 Å². The molecule has 1 heterocycles. The summed E-state index contributed by atoms with van der Waals surface area (Å²) >= 11 is 0. The van der Waals surface area contributed by atoms with E-state index in [1.807, 2.05) is 0 Å². The van der Waals surface area contributed by atoms with Crippen LogP contribution in [0.2, 0.25) is 0 Å². The summed E-state index contributed by atoms with van der Waals surface area (Å²) in [5.74, 6) is 0.209. The lowest BCUT2D eigenvalue weighted by atomic mass is 10.0. The zero-order chi connectivity index (χ0) is 14.9. The molecule has 1 atom stereocenters. The number of piperidine rings is 1. The maximum absolute atomic E-state index is 11.9. The fourth-order valence-corrected chi connectivity index (χ4v) is 4.63. The van der Waals surface area contributed by atoms with E-state index >= 15 is 0 Å². The van der Waals surface area contributed by atoms with Crippen molar-refractivity contribution in [1.29, 1.82) is 0 Å². The van der Waals surface area contributed by atoms with E-state index in [-0.39, 0.29) is 5.75 Å². The van der Waals surface area contributed by atoms with Gasteiger partial charge in [0.15, 0.2) is 0 Å². The Bertz CT molecular complexity index is 592. The fraction of sp³-hybridized carbons (Fsp3) is 0.625. The standard InChI is InChI=1S/C16H24N2O2S/c1-2-21(19,20)18-11-9-14(10-12-18)17-16-8-7-13-5-3-4-6-15(13)16/h3-6,14,16-17H,2,7-12H2,1H3. The summed E-state index contributed by atoms with van der Waals surface area (Å²) in [6.07, 6.45) is 4.14. The molecule has 1 aliphatic carbocycles. The van der Waals surface area contributed by atoms with Crippen LogP contribution in [0.4, 0.5) is 0 Å². The SMILES string of the molecule is CCS(=O)(=O)N1CCC(NC2CCc3ccccc32)CC1. The van der Waals surface area contributed by atoms with Crippen molar-refractivity contribution in [2.45, 2.75) is 44.7 Å². The van der Waals surface area contributed by atoms with Crippen molar-refractivity contribution in [3.63, 3.8) is 0 Å². The predicted molar refractivity (Wildman–Crippen MR) is 84.7 cm³/mol. The van der Waals surface area contributed by atoms with Crippen molar-refractivity contribution in [1.82, 2.24) is 9.62 Å². The Morgan fingerprint density at radius 2 is 1.90 bits per heavy atom. The second-order valence-electron chi connectivity index (χ2n) is 6.03. The summed E-state index contributed by atoms with van der Waals surface area (Å²) in [5.41, 5.74) is 2.89. The number of benzene rings is 1. The number of nitrogens with one attached hydrogen (secondary N) is 1. The Kier molecular flexibility index (Phi) is 4.33. The van der Waals surface area contributed by atoms with Crippen LogP contribution in [0.1, 0.15) is 43.4 Å². The van der Waals surface area contributed by atoms with Crippen LogP contribution < -0.4 is 5.32 Å². The highest BCUT2D eigenvalue weighted by molar-refractivity contribution is 7.89. The van der Waals surface area contributed by atoms with Crippen LogP contribution in [-0.2, 0) is 16.4 Å². The van der Waals surface area contributed by atoms with Crippen LogP contribution in [0.5, 0.6) is 0 Å². The van der Waals surface area contributed by atoms with Crippen LogP contribution >= 0.6 is 0 Å². The molecule has 1 saturated heterocycles. The van der Waals surface area contributed by atoms with Crippen molar-refractivity contribution in [2.24, 2.45) is 0 Å². The van der Waals surface area contributed by atoms with E-state index in [1.165, 1.54) is 11.1 Å². The Hall–Kier alpha value is -0.910. The summed E-state index contributed by atoms with van der Waals surface area (Å²) in [6, 6.07) is 9.53. The first-order valence-electron chi connectivity index (χ1n) is 7.92. The van der Waals surface area contributed by atoms with Gasteiger partial charge < -0.3 is 5.32 Å². The molecule has 116 valence electrons.